The van der Waals surface area contributed by atoms with E-state index < -0.39 is 54.5 Å². The van der Waals surface area contributed by atoms with Crippen molar-refractivity contribution in [2.75, 3.05) is 7.05 Å². The van der Waals surface area contributed by atoms with E-state index in [-0.39, 0.29) is 11.5 Å². The zero-order valence-corrected chi connectivity index (χ0v) is 24.8. The number of ether oxygens (including phenoxy) is 6. The highest BCUT2D eigenvalue weighted by molar-refractivity contribution is 5.92. The Hall–Kier alpha value is -5.07. The number of carbonyl (C=O) groups excluding carboxylic acids is 3. The van der Waals surface area contributed by atoms with Crippen LogP contribution in [0.1, 0.15) is 45.1 Å². The highest BCUT2D eigenvalue weighted by Crippen LogP contribution is 2.52. The summed E-state index contributed by atoms with van der Waals surface area (Å²) in [5.74, 6) is -0.848. The van der Waals surface area contributed by atoms with Gasteiger partial charge in [-0.1, -0.05) is 66.7 Å². The Bertz CT molecular complexity index is 1750. The summed E-state index contributed by atoms with van der Waals surface area (Å²) in [6.45, 7) is 1.78. The van der Waals surface area contributed by atoms with Crippen molar-refractivity contribution in [2.24, 2.45) is 0 Å². The number of hydrogen-bond donors (Lipinski definition) is 0. The molecule has 0 radical (unpaired) electrons. The average Bonchev–Trinajstić information content (AvgIpc) is 3.71. The maximum atomic E-state index is 13.3. The quantitative estimate of drug-likeness (QED) is 0.190. The molecule has 3 fully saturated rings. The van der Waals surface area contributed by atoms with Crippen LogP contribution >= 0.6 is 0 Å². The fourth-order valence-corrected chi connectivity index (χ4v) is 5.96. The van der Waals surface area contributed by atoms with Crippen LogP contribution in [0.15, 0.2) is 109 Å². The Morgan fingerprint density at radius 2 is 1.39 bits per heavy atom. The summed E-state index contributed by atoms with van der Waals surface area (Å²) in [5.41, 5.74) is 0.372. The first kappa shape index (κ1) is 29.6. The van der Waals surface area contributed by atoms with Crippen LogP contribution < -0.4 is 9.47 Å². The summed E-state index contributed by atoms with van der Waals surface area (Å²) >= 11 is 0. The summed E-state index contributed by atoms with van der Waals surface area (Å²) in [4.78, 5) is 44.2. The largest absolute Gasteiger partial charge is 0.511 e. The maximum Gasteiger partial charge on any atom is 0.511 e. The molecular formula is C35H29NO10. The molecule has 11 heteroatoms. The van der Waals surface area contributed by atoms with Crippen LogP contribution in [0.3, 0.4) is 0 Å². The highest BCUT2D eigenvalue weighted by Gasteiger charge is 2.63. The molecule has 0 amide bonds. The lowest BCUT2D eigenvalue weighted by atomic mass is 9.83. The zero-order chi connectivity index (χ0) is 31.8. The lowest BCUT2D eigenvalue weighted by Gasteiger charge is -2.36. The molecule has 0 spiro atoms. The molecule has 3 heterocycles. The normalized spacial score (nSPS) is 27.0. The number of fused-ring (bicyclic) bond motifs is 1. The van der Waals surface area contributed by atoms with Gasteiger partial charge in [-0.05, 0) is 49.4 Å². The van der Waals surface area contributed by atoms with Crippen molar-refractivity contribution >= 4 is 18.1 Å². The lowest BCUT2D eigenvalue weighted by Crippen LogP contribution is -2.52. The van der Waals surface area contributed by atoms with Gasteiger partial charge in [0.1, 0.15) is 29.2 Å². The molecule has 46 heavy (non-hydrogen) atoms. The topological polar surface area (TPSA) is 119 Å². The minimum absolute atomic E-state index is 0.149. The Morgan fingerprint density at radius 1 is 0.783 bits per heavy atom. The van der Waals surface area contributed by atoms with Gasteiger partial charge in [-0.25, -0.2) is 14.4 Å². The van der Waals surface area contributed by atoms with Gasteiger partial charge in [0.15, 0.2) is 12.4 Å². The first-order valence-electron chi connectivity index (χ1n) is 14.6. The third-order valence-corrected chi connectivity index (χ3v) is 8.20. The molecule has 2 unspecified atom stereocenters. The first-order chi connectivity index (χ1) is 22.3. The minimum atomic E-state index is -1.39. The fraction of sp³-hybridized carbons (Fsp3) is 0.229. The Balaban J connectivity index is 1.32. The average molecular weight is 624 g/mol. The monoisotopic (exact) mass is 623 g/mol. The van der Waals surface area contributed by atoms with E-state index in [0.717, 1.165) is 5.56 Å². The predicted molar refractivity (Wildman–Crippen MR) is 160 cm³/mol. The number of benzene rings is 4. The van der Waals surface area contributed by atoms with E-state index in [2.05, 4.69) is 0 Å². The Labute approximate surface area is 264 Å². The van der Waals surface area contributed by atoms with E-state index in [9.17, 15) is 14.4 Å². The molecule has 4 aromatic rings. The van der Waals surface area contributed by atoms with Crippen LogP contribution in [0.25, 0.3) is 0 Å². The molecule has 3 saturated heterocycles. The van der Waals surface area contributed by atoms with Crippen LogP contribution in [-0.4, -0.2) is 54.7 Å². The van der Waals surface area contributed by atoms with E-state index in [1.807, 2.05) is 30.3 Å². The number of hydrogen-bond acceptors (Lipinski definition) is 11. The van der Waals surface area contributed by atoms with E-state index >= 15 is 0 Å². The van der Waals surface area contributed by atoms with E-state index in [1.165, 1.54) is 11.1 Å². The van der Waals surface area contributed by atoms with Gasteiger partial charge in [-0.3, -0.25) is 4.84 Å². The predicted octanol–water partition coefficient (Wildman–Crippen LogP) is 5.56. The number of esters is 2. The number of likely N-dealkylation sites (N-methyl/N-ethyl adjacent to an activating group) is 1. The number of hydroxylamine groups is 2. The molecule has 3 aliphatic heterocycles. The SMILES string of the molecule is CN1OC2OC(=O)OC2[C@H]1[C@H]1O[C@H](c2ccccc2)O[C@]1(C)c1cc(OC(=O)c2ccccc2)ccc1OC(=O)c1ccccc1. The summed E-state index contributed by atoms with van der Waals surface area (Å²) in [6, 6.07) is 30.4. The van der Waals surface area contributed by atoms with Gasteiger partial charge < -0.3 is 28.4 Å². The van der Waals surface area contributed by atoms with Crippen molar-refractivity contribution in [3.05, 3.63) is 131 Å². The van der Waals surface area contributed by atoms with Gasteiger partial charge in [0, 0.05) is 18.2 Å². The number of carbonyl (C=O) groups is 3. The van der Waals surface area contributed by atoms with Gasteiger partial charge >= 0.3 is 18.1 Å². The van der Waals surface area contributed by atoms with Crippen molar-refractivity contribution in [2.45, 2.75) is 43.4 Å². The molecule has 7 rings (SSSR count). The summed E-state index contributed by atoms with van der Waals surface area (Å²) in [5, 5.41) is 1.51. The van der Waals surface area contributed by atoms with Gasteiger partial charge in [-0.15, -0.1) is 0 Å². The number of rotatable bonds is 7. The zero-order valence-electron chi connectivity index (χ0n) is 24.8. The third kappa shape index (κ3) is 5.50. The molecule has 0 aliphatic carbocycles. The molecular weight excluding hydrogens is 594 g/mol. The Morgan fingerprint density at radius 3 is 2.04 bits per heavy atom. The first-order valence-corrected chi connectivity index (χ1v) is 14.6. The molecule has 4 aromatic carbocycles. The van der Waals surface area contributed by atoms with Crippen LogP contribution in [0.2, 0.25) is 0 Å². The van der Waals surface area contributed by atoms with Crippen molar-refractivity contribution in [1.29, 1.82) is 0 Å². The van der Waals surface area contributed by atoms with Crippen molar-refractivity contribution < 1.29 is 47.6 Å². The van der Waals surface area contributed by atoms with Crippen molar-refractivity contribution in [1.82, 2.24) is 5.06 Å². The Kier molecular flexibility index (Phi) is 7.75. The van der Waals surface area contributed by atoms with Crippen LogP contribution in [-0.2, 0) is 29.4 Å². The smallest absolute Gasteiger partial charge is 0.423 e. The molecule has 234 valence electrons. The third-order valence-electron chi connectivity index (χ3n) is 8.20. The van der Waals surface area contributed by atoms with Crippen LogP contribution in [0.4, 0.5) is 4.79 Å². The van der Waals surface area contributed by atoms with Gasteiger partial charge in [0.2, 0.25) is 0 Å². The second-order valence-corrected chi connectivity index (χ2v) is 11.2. The molecule has 0 saturated carbocycles. The van der Waals surface area contributed by atoms with Crippen LogP contribution in [0, 0.1) is 0 Å². The highest BCUT2D eigenvalue weighted by atomic mass is 16.9. The maximum absolute atomic E-state index is 13.3. The standard InChI is InChI=1S/C35H29NO10/c1-35(29(43-32(45-35)23-16-10-5-11-17-23)27-28-33(46-36(27)2)44-34(39)42-28)25-20-24(40-30(37)21-12-6-3-7-13-21)18-19-26(25)41-31(38)22-14-8-4-9-15-22/h3-20,27-29,32-33H,1-2H3/t27-,28?,29+,32-,33?,35+/m0/s1. The summed E-state index contributed by atoms with van der Waals surface area (Å²) < 4.78 is 35.8. The van der Waals surface area contributed by atoms with Gasteiger partial charge in [0.25, 0.3) is 6.29 Å². The lowest BCUT2D eigenvalue weighted by molar-refractivity contribution is -0.214. The summed E-state index contributed by atoms with van der Waals surface area (Å²) in [7, 11) is 1.67. The second kappa shape index (κ2) is 12.0. The molecule has 6 atom stereocenters. The second-order valence-electron chi connectivity index (χ2n) is 11.2. The van der Waals surface area contributed by atoms with Crippen molar-refractivity contribution in [3.63, 3.8) is 0 Å². The summed E-state index contributed by atoms with van der Waals surface area (Å²) in [6.07, 6.45) is -4.47. The number of nitrogens with zero attached hydrogens (tertiary/aromatic N) is 1. The van der Waals surface area contributed by atoms with Gasteiger partial charge in [-0.2, -0.15) is 5.06 Å². The molecule has 0 N–H and O–H groups in total. The van der Waals surface area contributed by atoms with Crippen molar-refractivity contribution in [3.8, 4) is 11.5 Å². The van der Waals surface area contributed by atoms with E-state index in [0.29, 0.717) is 16.7 Å². The molecule has 0 bridgehead atoms. The molecule has 3 aliphatic rings. The molecule has 11 nitrogen and oxygen atoms in total. The van der Waals surface area contributed by atoms with E-state index in [1.54, 1.807) is 86.8 Å². The fourth-order valence-electron chi connectivity index (χ4n) is 5.96. The minimum Gasteiger partial charge on any atom is -0.423 e. The van der Waals surface area contributed by atoms with E-state index in [4.69, 9.17) is 33.3 Å². The molecule has 0 aromatic heterocycles. The van der Waals surface area contributed by atoms with Gasteiger partial charge in [0.05, 0.1) is 11.1 Å². The van der Waals surface area contributed by atoms with Crippen LogP contribution in [0.5, 0.6) is 11.5 Å².